The molecule has 3 nitrogen and oxygen atoms in total. The van der Waals surface area contributed by atoms with Crippen LogP contribution in [0.3, 0.4) is 0 Å². The van der Waals surface area contributed by atoms with Crippen molar-refractivity contribution in [1.82, 2.24) is 10.2 Å². The number of rotatable bonds is 5. The summed E-state index contributed by atoms with van der Waals surface area (Å²) in [4.78, 5) is 2.42. The lowest BCUT2D eigenvalue weighted by Crippen LogP contribution is -2.34. The molecular weight excluding hydrogens is 256 g/mol. The van der Waals surface area contributed by atoms with Gasteiger partial charge < -0.3 is 9.73 Å². The zero-order valence-electron chi connectivity index (χ0n) is 12.5. The van der Waals surface area contributed by atoms with Crippen molar-refractivity contribution >= 4 is 11.8 Å². The second-order valence-corrected chi connectivity index (χ2v) is 7.61. The predicted octanol–water partition coefficient (Wildman–Crippen LogP) is 3.11. The van der Waals surface area contributed by atoms with Gasteiger partial charge in [-0.05, 0) is 46.1 Å². The van der Waals surface area contributed by atoms with Gasteiger partial charge in [0.2, 0.25) is 0 Å². The first kappa shape index (κ1) is 14.9. The van der Waals surface area contributed by atoms with Gasteiger partial charge in [0.1, 0.15) is 5.76 Å². The molecule has 0 amide bonds. The summed E-state index contributed by atoms with van der Waals surface area (Å²) in [6.07, 6.45) is 3.19. The molecule has 1 atom stereocenters. The lowest BCUT2D eigenvalue weighted by molar-refractivity contribution is 0.234. The molecule has 0 saturated carbocycles. The molecule has 1 saturated heterocycles. The van der Waals surface area contributed by atoms with Gasteiger partial charge in [-0.1, -0.05) is 0 Å². The summed E-state index contributed by atoms with van der Waals surface area (Å²) >= 11 is 2.05. The van der Waals surface area contributed by atoms with Crippen LogP contribution >= 0.6 is 11.8 Å². The zero-order valence-corrected chi connectivity index (χ0v) is 13.3. The summed E-state index contributed by atoms with van der Waals surface area (Å²) < 4.78 is 5.67. The van der Waals surface area contributed by atoms with E-state index < -0.39 is 0 Å². The van der Waals surface area contributed by atoms with Crippen LogP contribution in [0.25, 0.3) is 0 Å². The first-order valence-electron chi connectivity index (χ1n) is 7.03. The summed E-state index contributed by atoms with van der Waals surface area (Å²) in [5.74, 6) is 3.63. The molecule has 1 aromatic rings. The van der Waals surface area contributed by atoms with Crippen molar-refractivity contribution in [2.75, 3.05) is 18.6 Å². The minimum Gasteiger partial charge on any atom is -0.468 e. The molecule has 4 heteroatoms. The Labute approximate surface area is 121 Å². The van der Waals surface area contributed by atoms with E-state index in [2.05, 4.69) is 55.9 Å². The van der Waals surface area contributed by atoms with Crippen molar-refractivity contribution in [2.24, 2.45) is 0 Å². The van der Waals surface area contributed by atoms with Crippen molar-refractivity contribution in [3.63, 3.8) is 0 Å². The Bertz CT molecular complexity index is 391. The normalized spacial score (nSPS) is 20.4. The highest BCUT2D eigenvalue weighted by molar-refractivity contribution is 7.99. The topological polar surface area (TPSA) is 28.4 Å². The summed E-state index contributed by atoms with van der Waals surface area (Å²) in [6, 6.07) is 2.89. The van der Waals surface area contributed by atoms with Gasteiger partial charge in [0.05, 0.1) is 12.8 Å². The Kier molecular flexibility index (Phi) is 4.98. The van der Waals surface area contributed by atoms with Crippen LogP contribution in [0.5, 0.6) is 0 Å². The van der Waals surface area contributed by atoms with Crippen LogP contribution in [0, 0.1) is 0 Å². The van der Waals surface area contributed by atoms with Crippen molar-refractivity contribution in [1.29, 1.82) is 0 Å². The molecule has 2 rings (SSSR count). The van der Waals surface area contributed by atoms with Crippen molar-refractivity contribution in [2.45, 2.75) is 51.9 Å². The minimum atomic E-state index is 0.148. The molecule has 1 aliphatic heterocycles. The van der Waals surface area contributed by atoms with Crippen LogP contribution in [0.4, 0.5) is 0 Å². The van der Waals surface area contributed by atoms with E-state index in [0.717, 1.165) is 18.8 Å². The Morgan fingerprint density at radius 1 is 1.47 bits per heavy atom. The maximum absolute atomic E-state index is 5.67. The Hall–Kier alpha value is -0.450. The number of nitrogens with zero attached hydrogens (tertiary/aromatic N) is 1. The number of thioether (sulfide) groups is 1. The second-order valence-electron chi connectivity index (χ2n) is 6.46. The van der Waals surface area contributed by atoms with Crippen LogP contribution in [0.2, 0.25) is 0 Å². The second kappa shape index (κ2) is 6.33. The van der Waals surface area contributed by atoms with Crippen LogP contribution in [0.1, 0.15) is 38.5 Å². The summed E-state index contributed by atoms with van der Waals surface area (Å²) in [5, 5.41) is 3.48. The van der Waals surface area contributed by atoms with Gasteiger partial charge in [-0.3, -0.25) is 4.90 Å². The summed E-state index contributed by atoms with van der Waals surface area (Å²) in [7, 11) is 2.20. The van der Waals surface area contributed by atoms with Gasteiger partial charge in [0, 0.05) is 29.4 Å². The molecule has 0 aromatic carbocycles. The highest BCUT2D eigenvalue weighted by Crippen LogP contribution is 2.23. The summed E-state index contributed by atoms with van der Waals surface area (Å²) in [5.41, 5.74) is 1.38. The van der Waals surface area contributed by atoms with Crippen LogP contribution in [-0.2, 0) is 13.1 Å². The maximum atomic E-state index is 5.67. The smallest absolute Gasteiger partial charge is 0.118 e. The van der Waals surface area contributed by atoms with E-state index in [1.807, 2.05) is 6.26 Å². The lowest BCUT2D eigenvalue weighted by atomic mass is 10.1. The maximum Gasteiger partial charge on any atom is 0.118 e. The SMILES string of the molecule is CN(Cc1cc(CNC(C)(C)C)co1)C1CCSC1. The first-order valence-corrected chi connectivity index (χ1v) is 8.19. The number of hydrogen-bond acceptors (Lipinski definition) is 4. The molecule has 1 N–H and O–H groups in total. The molecule has 0 aliphatic carbocycles. The van der Waals surface area contributed by atoms with Crippen LogP contribution < -0.4 is 5.32 Å². The number of hydrogen-bond donors (Lipinski definition) is 1. The quantitative estimate of drug-likeness (QED) is 0.898. The largest absolute Gasteiger partial charge is 0.468 e. The zero-order chi connectivity index (χ0) is 13.9. The third-order valence-corrected chi connectivity index (χ3v) is 4.61. The number of nitrogens with one attached hydrogen (secondary N) is 1. The van der Waals surface area contributed by atoms with Crippen LogP contribution in [0.15, 0.2) is 16.7 Å². The molecule has 0 spiro atoms. The van der Waals surface area contributed by atoms with Gasteiger partial charge in [-0.15, -0.1) is 0 Å². The van der Waals surface area contributed by atoms with Crippen molar-refractivity contribution in [3.8, 4) is 0 Å². The molecule has 19 heavy (non-hydrogen) atoms. The molecule has 1 aliphatic rings. The lowest BCUT2D eigenvalue weighted by Gasteiger charge is -2.22. The fraction of sp³-hybridized carbons (Fsp3) is 0.733. The van der Waals surface area contributed by atoms with Gasteiger partial charge in [-0.2, -0.15) is 11.8 Å². The average Bonchev–Trinajstić information content (AvgIpc) is 2.96. The Morgan fingerprint density at radius 3 is 2.89 bits per heavy atom. The van der Waals surface area contributed by atoms with Gasteiger partial charge in [0.15, 0.2) is 0 Å². The molecule has 1 fully saturated rings. The number of furan rings is 1. The minimum absolute atomic E-state index is 0.148. The van der Waals surface area contributed by atoms with Gasteiger partial charge in [-0.25, -0.2) is 0 Å². The molecule has 1 unspecified atom stereocenters. The Morgan fingerprint density at radius 2 is 2.26 bits per heavy atom. The van der Waals surface area contributed by atoms with E-state index in [1.165, 1.54) is 23.5 Å². The van der Waals surface area contributed by atoms with Crippen molar-refractivity contribution in [3.05, 3.63) is 23.7 Å². The fourth-order valence-electron chi connectivity index (χ4n) is 2.21. The Balaban J connectivity index is 1.83. The standard InChI is InChI=1S/C15H26N2OS/c1-15(2,3)16-8-12-7-14(18-10-12)9-17(4)13-5-6-19-11-13/h7,10,13,16H,5-6,8-9,11H2,1-4H3. The third-order valence-electron chi connectivity index (χ3n) is 3.47. The van der Waals surface area contributed by atoms with Gasteiger partial charge >= 0.3 is 0 Å². The average molecular weight is 282 g/mol. The van der Waals surface area contributed by atoms with E-state index in [0.29, 0.717) is 6.04 Å². The molecule has 2 heterocycles. The first-order chi connectivity index (χ1) is 8.94. The molecular formula is C15H26N2OS. The molecule has 1 aromatic heterocycles. The van der Waals surface area contributed by atoms with Crippen LogP contribution in [-0.4, -0.2) is 35.0 Å². The molecule has 0 radical (unpaired) electrons. The molecule has 0 bridgehead atoms. The fourth-order valence-corrected chi connectivity index (χ4v) is 3.51. The van der Waals surface area contributed by atoms with E-state index in [9.17, 15) is 0 Å². The van der Waals surface area contributed by atoms with Crippen molar-refractivity contribution < 1.29 is 4.42 Å². The summed E-state index contributed by atoms with van der Waals surface area (Å²) in [6.45, 7) is 8.33. The third kappa shape index (κ3) is 4.86. The molecule has 108 valence electrons. The van der Waals surface area contributed by atoms with E-state index in [1.54, 1.807) is 0 Å². The van der Waals surface area contributed by atoms with Gasteiger partial charge in [0.25, 0.3) is 0 Å². The highest BCUT2D eigenvalue weighted by Gasteiger charge is 2.20. The monoisotopic (exact) mass is 282 g/mol. The van der Waals surface area contributed by atoms with E-state index in [-0.39, 0.29) is 5.54 Å². The van der Waals surface area contributed by atoms with E-state index >= 15 is 0 Å². The van der Waals surface area contributed by atoms with E-state index in [4.69, 9.17) is 4.42 Å². The highest BCUT2D eigenvalue weighted by atomic mass is 32.2. The predicted molar refractivity (Wildman–Crippen MR) is 82.5 cm³/mol.